The average molecular weight is 269 g/mol. The molecule has 4 nitrogen and oxygen atoms in total. The number of ether oxygens (including phenoxy) is 1. The summed E-state index contributed by atoms with van der Waals surface area (Å²) < 4.78 is 8.69. The van der Waals surface area contributed by atoms with Crippen LogP contribution < -0.4 is 4.74 Å². The summed E-state index contributed by atoms with van der Waals surface area (Å²) in [5, 5.41) is 0. The molecule has 4 aliphatic heterocycles. The summed E-state index contributed by atoms with van der Waals surface area (Å²) in [5.74, 6) is 0.703. The van der Waals surface area contributed by atoms with Gasteiger partial charge in [-0.2, -0.15) is 4.98 Å². The first-order chi connectivity index (χ1) is 9.73. The highest BCUT2D eigenvalue weighted by atomic mass is 16.5. The van der Waals surface area contributed by atoms with Crippen LogP contribution in [0.5, 0.6) is 6.01 Å². The van der Waals surface area contributed by atoms with E-state index >= 15 is 0 Å². The molecule has 104 valence electrons. The number of aryl methyl sites for hydroxylation is 1. The maximum atomic E-state index is 6.40. The number of fused-ring (bicyclic) bond motifs is 5. The van der Waals surface area contributed by atoms with E-state index in [1.54, 1.807) is 0 Å². The molecular formula is C16H19N3O. The van der Waals surface area contributed by atoms with E-state index in [2.05, 4.69) is 34.6 Å². The van der Waals surface area contributed by atoms with Crippen molar-refractivity contribution in [1.29, 1.82) is 0 Å². The van der Waals surface area contributed by atoms with Crippen LogP contribution in [0, 0.1) is 12.8 Å². The molecule has 0 amide bonds. The predicted octanol–water partition coefficient (Wildman–Crippen LogP) is 2.20. The molecular weight excluding hydrogens is 250 g/mol. The second kappa shape index (κ2) is 3.55. The van der Waals surface area contributed by atoms with Gasteiger partial charge in [0.1, 0.15) is 5.60 Å². The van der Waals surface area contributed by atoms with Crippen LogP contribution in [-0.4, -0.2) is 39.7 Å². The number of hydrogen-bond acceptors (Lipinski definition) is 3. The lowest BCUT2D eigenvalue weighted by atomic mass is 9.75. The summed E-state index contributed by atoms with van der Waals surface area (Å²) in [7, 11) is 0. The molecule has 0 radical (unpaired) electrons. The SMILES string of the molecule is Cc1ccc2c(c1)nc1n2C[C@]2(CN3CCC2CC3)O1. The first-order valence-electron chi connectivity index (χ1n) is 7.62. The van der Waals surface area contributed by atoms with E-state index in [9.17, 15) is 0 Å². The quantitative estimate of drug-likeness (QED) is 0.734. The predicted molar refractivity (Wildman–Crippen MR) is 77.0 cm³/mol. The Labute approximate surface area is 118 Å². The van der Waals surface area contributed by atoms with Crippen LogP contribution in [0.1, 0.15) is 18.4 Å². The normalized spacial score (nSPS) is 34.6. The van der Waals surface area contributed by atoms with Crippen molar-refractivity contribution in [3.8, 4) is 6.01 Å². The number of rotatable bonds is 0. The zero-order chi connectivity index (χ0) is 13.3. The summed E-state index contributed by atoms with van der Waals surface area (Å²) in [6.07, 6.45) is 2.56. The Hall–Kier alpha value is -1.55. The van der Waals surface area contributed by atoms with E-state index in [0.717, 1.165) is 24.6 Å². The molecule has 6 rings (SSSR count). The smallest absolute Gasteiger partial charge is 0.298 e. The lowest BCUT2D eigenvalue weighted by Gasteiger charge is -2.50. The minimum absolute atomic E-state index is 0.00207. The van der Waals surface area contributed by atoms with Crippen LogP contribution in [0.25, 0.3) is 11.0 Å². The zero-order valence-corrected chi connectivity index (χ0v) is 11.8. The number of aromatic nitrogens is 2. The molecule has 1 atom stereocenters. The van der Waals surface area contributed by atoms with Gasteiger partial charge in [-0.05, 0) is 50.6 Å². The Bertz CT molecular complexity index is 699. The highest BCUT2D eigenvalue weighted by molar-refractivity contribution is 5.78. The van der Waals surface area contributed by atoms with Crippen LogP contribution in [0.4, 0.5) is 0 Å². The highest BCUT2D eigenvalue weighted by Crippen LogP contribution is 2.45. The molecule has 0 unspecified atom stereocenters. The molecule has 0 saturated carbocycles. The van der Waals surface area contributed by atoms with Gasteiger partial charge in [0.25, 0.3) is 6.01 Å². The Morgan fingerprint density at radius 2 is 2.10 bits per heavy atom. The molecule has 3 fully saturated rings. The first-order valence-corrected chi connectivity index (χ1v) is 7.62. The first kappa shape index (κ1) is 11.1. The second-order valence-corrected chi connectivity index (χ2v) is 6.69. The Balaban J connectivity index is 1.59. The van der Waals surface area contributed by atoms with E-state index in [-0.39, 0.29) is 5.60 Å². The van der Waals surface area contributed by atoms with Gasteiger partial charge in [0.15, 0.2) is 0 Å². The summed E-state index contributed by atoms with van der Waals surface area (Å²) >= 11 is 0. The van der Waals surface area contributed by atoms with Crippen molar-refractivity contribution in [2.45, 2.75) is 31.9 Å². The van der Waals surface area contributed by atoms with Crippen molar-refractivity contribution >= 4 is 11.0 Å². The summed E-state index contributed by atoms with van der Waals surface area (Å²) in [5.41, 5.74) is 3.54. The molecule has 5 heterocycles. The molecule has 2 bridgehead atoms. The summed E-state index contributed by atoms with van der Waals surface area (Å²) in [6.45, 7) is 6.66. The molecule has 2 aromatic rings. The monoisotopic (exact) mass is 269 g/mol. The van der Waals surface area contributed by atoms with Crippen molar-refractivity contribution in [3.05, 3.63) is 23.8 Å². The number of nitrogens with zero attached hydrogens (tertiary/aromatic N) is 3. The molecule has 0 N–H and O–H groups in total. The lowest BCUT2D eigenvalue weighted by Crippen LogP contribution is -2.61. The lowest BCUT2D eigenvalue weighted by molar-refractivity contribution is -0.0831. The molecule has 4 aliphatic rings. The van der Waals surface area contributed by atoms with Crippen LogP contribution in [0.3, 0.4) is 0 Å². The fourth-order valence-corrected chi connectivity index (χ4v) is 4.35. The molecule has 20 heavy (non-hydrogen) atoms. The van der Waals surface area contributed by atoms with Gasteiger partial charge in [-0.1, -0.05) is 6.07 Å². The molecule has 1 aromatic heterocycles. The number of piperidine rings is 3. The van der Waals surface area contributed by atoms with Crippen LogP contribution >= 0.6 is 0 Å². The van der Waals surface area contributed by atoms with Gasteiger partial charge in [0.05, 0.1) is 17.6 Å². The molecule has 0 aliphatic carbocycles. The Morgan fingerprint density at radius 1 is 1.25 bits per heavy atom. The second-order valence-electron chi connectivity index (χ2n) is 6.69. The minimum Gasteiger partial charge on any atom is -0.454 e. The zero-order valence-electron chi connectivity index (χ0n) is 11.8. The van der Waals surface area contributed by atoms with Gasteiger partial charge in [0, 0.05) is 12.5 Å². The largest absolute Gasteiger partial charge is 0.454 e. The van der Waals surface area contributed by atoms with Gasteiger partial charge in [-0.15, -0.1) is 0 Å². The third-order valence-corrected chi connectivity index (χ3v) is 5.41. The van der Waals surface area contributed by atoms with Crippen molar-refractivity contribution in [1.82, 2.24) is 14.5 Å². The van der Waals surface area contributed by atoms with Gasteiger partial charge < -0.3 is 4.74 Å². The van der Waals surface area contributed by atoms with Crippen LogP contribution in [0.2, 0.25) is 0 Å². The van der Waals surface area contributed by atoms with Gasteiger partial charge in [0.2, 0.25) is 0 Å². The number of benzene rings is 1. The van der Waals surface area contributed by atoms with Crippen LogP contribution in [-0.2, 0) is 6.54 Å². The van der Waals surface area contributed by atoms with Gasteiger partial charge in [-0.25, -0.2) is 0 Å². The number of hydrogen-bond donors (Lipinski definition) is 0. The third-order valence-electron chi connectivity index (χ3n) is 5.41. The van der Waals surface area contributed by atoms with E-state index in [4.69, 9.17) is 9.72 Å². The van der Waals surface area contributed by atoms with E-state index in [1.165, 1.54) is 37.0 Å². The highest BCUT2D eigenvalue weighted by Gasteiger charge is 2.53. The van der Waals surface area contributed by atoms with Crippen molar-refractivity contribution in [3.63, 3.8) is 0 Å². The van der Waals surface area contributed by atoms with Crippen LogP contribution in [0.15, 0.2) is 18.2 Å². The van der Waals surface area contributed by atoms with Gasteiger partial charge in [-0.3, -0.25) is 9.47 Å². The molecule has 3 saturated heterocycles. The van der Waals surface area contributed by atoms with E-state index in [1.807, 2.05) is 0 Å². The average Bonchev–Trinajstić information content (AvgIpc) is 2.93. The Kier molecular flexibility index (Phi) is 1.98. The Morgan fingerprint density at radius 3 is 2.85 bits per heavy atom. The third kappa shape index (κ3) is 1.32. The fraction of sp³-hybridized carbons (Fsp3) is 0.562. The van der Waals surface area contributed by atoms with E-state index < -0.39 is 0 Å². The van der Waals surface area contributed by atoms with Crippen molar-refractivity contribution in [2.24, 2.45) is 5.92 Å². The van der Waals surface area contributed by atoms with Crippen molar-refractivity contribution in [2.75, 3.05) is 19.6 Å². The van der Waals surface area contributed by atoms with Crippen molar-refractivity contribution < 1.29 is 4.74 Å². The molecule has 1 aromatic carbocycles. The summed E-state index contributed by atoms with van der Waals surface area (Å²) in [4.78, 5) is 7.26. The van der Waals surface area contributed by atoms with E-state index in [0.29, 0.717) is 5.92 Å². The number of imidazole rings is 1. The topological polar surface area (TPSA) is 30.3 Å². The summed E-state index contributed by atoms with van der Waals surface area (Å²) in [6, 6.07) is 7.33. The molecule has 1 spiro atoms. The maximum absolute atomic E-state index is 6.40. The minimum atomic E-state index is -0.00207. The maximum Gasteiger partial charge on any atom is 0.298 e. The van der Waals surface area contributed by atoms with Gasteiger partial charge >= 0.3 is 0 Å². The standard InChI is InChI=1S/C16H19N3O/c1-11-2-3-14-13(8-11)17-15-19(14)10-16(20-15)9-18-6-4-12(16)5-7-18/h2-3,8,12H,4-7,9-10H2,1H3/t16-/m0/s1. The fourth-order valence-electron chi connectivity index (χ4n) is 4.35. The molecule has 4 heteroatoms.